The summed E-state index contributed by atoms with van der Waals surface area (Å²) in [4.78, 5) is 6.13. The van der Waals surface area contributed by atoms with E-state index in [0.717, 1.165) is 40.9 Å². The van der Waals surface area contributed by atoms with Gasteiger partial charge < -0.3 is 15.2 Å². The molecule has 0 aliphatic carbocycles. The lowest BCUT2D eigenvalue weighted by atomic mass is 10.00. The quantitative estimate of drug-likeness (QED) is 0.866. The summed E-state index contributed by atoms with van der Waals surface area (Å²) in [6.45, 7) is 0.120. The van der Waals surface area contributed by atoms with Crippen LogP contribution in [-0.4, -0.2) is 22.3 Å². The molecule has 2 N–H and O–H groups in total. The van der Waals surface area contributed by atoms with Gasteiger partial charge in [-0.3, -0.25) is 0 Å². The average molecular weight is 347 g/mol. The van der Waals surface area contributed by atoms with Crippen molar-refractivity contribution in [3.8, 4) is 0 Å². The maximum Gasteiger partial charge on any atom is 0.406 e. The third-order valence-corrected chi connectivity index (χ3v) is 3.87. The Morgan fingerprint density at radius 3 is 2.78 bits per heavy atom. The number of nitrogens with two attached hydrogens (primary N) is 1. The van der Waals surface area contributed by atoms with Crippen molar-refractivity contribution >= 4 is 23.8 Å². The van der Waals surface area contributed by atoms with Gasteiger partial charge in [-0.1, -0.05) is 6.07 Å². The van der Waals surface area contributed by atoms with Crippen LogP contribution in [0.4, 0.5) is 24.5 Å². The Bertz CT molecular complexity index is 669. The van der Waals surface area contributed by atoms with E-state index < -0.39 is 12.7 Å². The summed E-state index contributed by atoms with van der Waals surface area (Å²) in [5, 5.41) is 0. The number of halogens is 4. The largest absolute Gasteiger partial charge is 0.406 e. The molecule has 0 amide bonds. The molecular formula is C15H18ClF3N4. The van der Waals surface area contributed by atoms with Crippen LogP contribution in [-0.2, 0) is 19.5 Å². The molecule has 0 atom stereocenters. The predicted octanol–water partition coefficient (Wildman–Crippen LogP) is 3.40. The Labute approximate surface area is 138 Å². The zero-order chi connectivity index (χ0) is 15.7. The first kappa shape index (κ1) is 17.5. The second-order valence-corrected chi connectivity index (χ2v) is 5.46. The zero-order valence-corrected chi connectivity index (χ0v) is 13.2. The summed E-state index contributed by atoms with van der Waals surface area (Å²) in [6.07, 6.45) is 0.356. The number of hydrogen-bond acceptors (Lipinski definition) is 3. The van der Waals surface area contributed by atoms with Crippen molar-refractivity contribution in [2.45, 2.75) is 32.1 Å². The molecule has 1 aromatic carbocycles. The molecule has 23 heavy (non-hydrogen) atoms. The predicted molar refractivity (Wildman–Crippen MR) is 85.8 cm³/mol. The Kier molecular flexibility index (Phi) is 5.09. The number of benzene rings is 1. The van der Waals surface area contributed by atoms with Crippen LogP contribution < -0.4 is 10.6 Å². The molecule has 0 unspecified atom stereocenters. The van der Waals surface area contributed by atoms with E-state index in [4.69, 9.17) is 5.73 Å². The maximum absolute atomic E-state index is 12.6. The van der Waals surface area contributed by atoms with Crippen molar-refractivity contribution in [2.75, 3.05) is 17.2 Å². The van der Waals surface area contributed by atoms with E-state index in [0.29, 0.717) is 12.4 Å². The molecule has 4 nitrogen and oxygen atoms in total. The van der Waals surface area contributed by atoms with Gasteiger partial charge in [0.25, 0.3) is 0 Å². The van der Waals surface area contributed by atoms with E-state index in [1.807, 2.05) is 23.1 Å². The molecule has 126 valence electrons. The summed E-state index contributed by atoms with van der Waals surface area (Å²) in [5.41, 5.74) is 8.80. The minimum absolute atomic E-state index is 0. The fraction of sp³-hybridized carbons (Fsp3) is 0.400. The molecule has 0 radical (unpaired) electrons. The lowest BCUT2D eigenvalue weighted by Gasteiger charge is -2.32. The van der Waals surface area contributed by atoms with Crippen LogP contribution >= 0.6 is 12.4 Å². The molecule has 2 heterocycles. The van der Waals surface area contributed by atoms with Crippen molar-refractivity contribution in [3.63, 3.8) is 0 Å². The molecule has 8 heteroatoms. The van der Waals surface area contributed by atoms with E-state index in [1.165, 1.54) is 12.4 Å². The second-order valence-electron chi connectivity index (χ2n) is 5.46. The molecule has 2 aromatic rings. The fourth-order valence-corrected chi connectivity index (χ4v) is 2.89. The first-order valence-electron chi connectivity index (χ1n) is 7.13. The van der Waals surface area contributed by atoms with Gasteiger partial charge in [-0.2, -0.15) is 13.2 Å². The van der Waals surface area contributed by atoms with Crippen LogP contribution in [0.15, 0.2) is 30.6 Å². The van der Waals surface area contributed by atoms with Crippen LogP contribution in [0.5, 0.6) is 0 Å². The molecule has 0 saturated carbocycles. The van der Waals surface area contributed by atoms with Gasteiger partial charge in [0.15, 0.2) is 0 Å². The van der Waals surface area contributed by atoms with Gasteiger partial charge in [0, 0.05) is 30.3 Å². The maximum atomic E-state index is 12.6. The van der Waals surface area contributed by atoms with E-state index in [1.54, 1.807) is 0 Å². The normalized spacial score (nSPS) is 14.3. The highest BCUT2D eigenvalue weighted by molar-refractivity contribution is 5.85. The lowest BCUT2D eigenvalue weighted by Crippen LogP contribution is -2.31. The number of alkyl halides is 3. The van der Waals surface area contributed by atoms with E-state index in [-0.39, 0.29) is 12.4 Å². The first-order valence-corrected chi connectivity index (χ1v) is 7.13. The first-order chi connectivity index (χ1) is 10.4. The molecule has 1 aliphatic rings. The Morgan fingerprint density at radius 1 is 1.26 bits per heavy atom. The van der Waals surface area contributed by atoms with Crippen molar-refractivity contribution in [1.29, 1.82) is 0 Å². The Hall–Kier alpha value is -1.89. The number of anilines is 2. The number of aromatic nitrogens is 2. The van der Waals surface area contributed by atoms with Crippen molar-refractivity contribution in [2.24, 2.45) is 0 Å². The molecule has 0 spiro atoms. The van der Waals surface area contributed by atoms with E-state index in [9.17, 15) is 13.2 Å². The van der Waals surface area contributed by atoms with Crippen molar-refractivity contribution in [3.05, 3.63) is 42.0 Å². The lowest BCUT2D eigenvalue weighted by molar-refractivity contribution is -0.141. The Morgan fingerprint density at radius 2 is 2.04 bits per heavy atom. The number of imidazole rings is 1. The SMILES string of the molecule is Cl.Nc1cccc2c1CCCN2Cc1nccn1CC(F)(F)F. The summed E-state index contributed by atoms with van der Waals surface area (Å²) in [7, 11) is 0. The number of hydrogen-bond donors (Lipinski definition) is 1. The van der Waals surface area contributed by atoms with E-state index >= 15 is 0 Å². The van der Waals surface area contributed by atoms with Gasteiger partial charge in [-0.25, -0.2) is 4.98 Å². The van der Waals surface area contributed by atoms with Crippen molar-refractivity contribution in [1.82, 2.24) is 9.55 Å². The number of nitrogens with zero attached hydrogens (tertiary/aromatic N) is 3. The van der Waals surface area contributed by atoms with Gasteiger partial charge in [0.05, 0.1) is 6.54 Å². The van der Waals surface area contributed by atoms with Gasteiger partial charge in [-0.15, -0.1) is 12.4 Å². The zero-order valence-electron chi connectivity index (χ0n) is 12.4. The fourth-order valence-electron chi connectivity index (χ4n) is 2.89. The smallest absolute Gasteiger partial charge is 0.398 e. The molecule has 1 aromatic heterocycles. The van der Waals surface area contributed by atoms with Gasteiger partial charge in [-0.05, 0) is 30.5 Å². The van der Waals surface area contributed by atoms with Crippen molar-refractivity contribution < 1.29 is 13.2 Å². The monoisotopic (exact) mass is 346 g/mol. The topological polar surface area (TPSA) is 47.1 Å². The minimum atomic E-state index is -4.25. The molecule has 0 bridgehead atoms. The second kappa shape index (κ2) is 6.70. The third-order valence-electron chi connectivity index (χ3n) is 3.87. The van der Waals surface area contributed by atoms with Crippen LogP contribution in [0.3, 0.4) is 0 Å². The van der Waals surface area contributed by atoms with Crippen LogP contribution in [0.2, 0.25) is 0 Å². The highest BCUT2D eigenvalue weighted by Crippen LogP contribution is 2.32. The Balaban J connectivity index is 0.00000192. The molecule has 1 aliphatic heterocycles. The summed E-state index contributed by atoms with van der Waals surface area (Å²) < 4.78 is 38.9. The van der Waals surface area contributed by atoms with E-state index in [2.05, 4.69) is 4.98 Å². The molecule has 3 rings (SSSR count). The number of fused-ring (bicyclic) bond motifs is 1. The summed E-state index contributed by atoms with van der Waals surface area (Å²) in [5.74, 6) is 0.410. The minimum Gasteiger partial charge on any atom is -0.398 e. The molecular weight excluding hydrogens is 329 g/mol. The highest BCUT2D eigenvalue weighted by Gasteiger charge is 2.29. The van der Waals surface area contributed by atoms with Gasteiger partial charge in [0.1, 0.15) is 12.4 Å². The third kappa shape index (κ3) is 3.90. The number of nitrogen functional groups attached to an aromatic ring is 1. The van der Waals surface area contributed by atoms with Crippen LogP contribution in [0.25, 0.3) is 0 Å². The molecule has 0 fully saturated rings. The standard InChI is InChI=1S/C15H17F3N4.ClH/c16-15(17,18)10-22-8-6-20-14(22)9-21-7-2-3-11-12(19)4-1-5-13(11)21;/h1,4-6,8H,2-3,7,9-10,19H2;1H. The van der Waals surface area contributed by atoms with Crippen LogP contribution in [0.1, 0.15) is 17.8 Å². The van der Waals surface area contributed by atoms with Gasteiger partial charge >= 0.3 is 6.18 Å². The summed E-state index contributed by atoms with van der Waals surface area (Å²) >= 11 is 0. The highest BCUT2D eigenvalue weighted by atomic mass is 35.5. The van der Waals surface area contributed by atoms with Crippen LogP contribution in [0, 0.1) is 0 Å². The summed E-state index contributed by atoms with van der Waals surface area (Å²) in [6, 6.07) is 5.68. The number of rotatable bonds is 3. The van der Waals surface area contributed by atoms with Gasteiger partial charge in [0.2, 0.25) is 0 Å². The average Bonchev–Trinajstić information content (AvgIpc) is 2.85. The molecule has 0 saturated heterocycles.